The van der Waals surface area contributed by atoms with Gasteiger partial charge >= 0.3 is 0 Å². The van der Waals surface area contributed by atoms with Crippen molar-refractivity contribution in [2.24, 2.45) is 11.8 Å². The number of carbonyl (C=O) groups is 2. The lowest BCUT2D eigenvalue weighted by atomic mass is 9.91. The molecule has 2 rings (SSSR count). The highest BCUT2D eigenvalue weighted by Crippen LogP contribution is 2.31. The van der Waals surface area contributed by atoms with Gasteiger partial charge in [-0.25, -0.2) is 4.39 Å². The molecule has 0 N–H and O–H groups in total. The molecule has 0 aromatic heterocycles. The van der Waals surface area contributed by atoms with Crippen LogP contribution in [0.1, 0.15) is 47.9 Å². The van der Waals surface area contributed by atoms with Gasteiger partial charge in [0.05, 0.1) is 5.69 Å². The molecule has 3 nitrogen and oxygen atoms in total. The molecule has 1 aromatic carbocycles. The molecule has 0 aliphatic carbocycles. The van der Waals surface area contributed by atoms with E-state index >= 15 is 0 Å². The van der Waals surface area contributed by atoms with E-state index < -0.39 is 5.82 Å². The third-order valence-electron chi connectivity index (χ3n) is 3.81. The van der Waals surface area contributed by atoms with Crippen LogP contribution in [0.2, 0.25) is 0 Å². The average Bonchev–Trinajstić information content (AvgIpc) is 2.36. The molecule has 0 amide bonds. The normalized spacial score (nSPS) is 22.7. The first kappa shape index (κ1) is 14.7. The van der Waals surface area contributed by atoms with Crippen LogP contribution in [0.25, 0.3) is 0 Å². The van der Waals surface area contributed by atoms with E-state index in [9.17, 15) is 14.0 Å². The predicted octanol–water partition coefficient (Wildman–Crippen LogP) is 3.32. The zero-order valence-corrected chi connectivity index (χ0v) is 12.1. The van der Waals surface area contributed by atoms with Gasteiger partial charge in [-0.1, -0.05) is 13.8 Å². The smallest absolute Gasteiger partial charge is 0.159 e. The molecule has 1 saturated heterocycles. The first-order valence-corrected chi connectivity index (χ1v) is 6.97. The van der Waals surface area contributed by atoms with Gasteiger partial charge in [0.1, 0.15) is 5.82 Å². The van der Waals surface area contributed by atoms with Gasteiger partial charge in [0, 0.05) is 24.2 Å². The van der Waals surface area contributed by atoms with Crippen LogP contribution < -0.4 is 4.90 Å². The molecule has 0 radical (unpaired) electrons. The van der Waals surface area contributed by atoms with Crippen molar-refractivity contribution in [3.8, 4) is 0 Å². The van der Waals surface area contributed by atoms with E-state index in [2.05, 4.69) is 13.8 Å². The van der Waals surface area contributed by atoms with Crippen molar-refractivity contribution in [3.05, 3.63) is 29.1 Å². The number of nitrogens with zero attached hydrogens (tertiary/aromatic N) is 1. The molecule has 0 saturated carbocycles. The molecule has 0 bridgehead atoms. The number of aldehydes is 1. The van der Waals surface area contributed by atoms with E-state index in [0.717, 1.165) is 19.5 Å². The average molecular weight is 277 g/mol. The highest BCUT2D eigenvalue weighted by molar-refractivity contribution is 5.97. The second-order valence-electron chi connectivity index (χ2n) is 5.92. The lowest BCUT2D eigenvalue weighted by Crippen LogP contribution is -2.39. The minimum atomic E-state index is -0.485. The van der Waals surface area contributed by atoms with Crippen LogP contribution in [0.5, 0.6) is 0 Å². The number of hydrogen-bond donors (Lipinski definition) is 0. The maximum absolute atomic E-state index is 14.3. The molecule has 1 heterocycles. The van der Waals surface area contributed by atoms with Crippen molar-refractivity contribution in [1.82, 2.24) is 0 Å². The minimum absolute atomic E-state index is 0.237. The van der Waals surface area contributed by atoms with Crippen LogP contribution in [0.3, 0.4) is 0 Å². The van der Waals surface area contributed by atoms with Crippen molar-refractivity contribution >= 4 is 17.8 Å². The Hall–Kier alpha value is -1.71. The van der Waals surface area contributed by atoms with E-state index in [-0.39, 0.29) is 16.9 Å². The standard InChI is InChI=1S/C16H20FNO2/c1-10-4-11(2)8-18(7-10)16-14(9-19)5-13(12(3)20)6-15(16)17/h5-6,9-11H,4,7-8H2,1-3H3. The highest BCUT2D eigenvalue weighted by Gasteiger charge is 2.26. The Balaban J connectivity index is 2.45. The Kier molecular flexibility index (Phi) is 4.21. The quantitative estimate of drug-likeness (QED) is 0.628. The van der Waals surface area contributed by atoms with Crippen molar-refractivity contribution in [1.29, 1.82) is 0 Å². The summed E-state index contributed by atoms with van der Waals surface area (Å²) in [6.45, 7) is 7.10. The number of rotatable bonds is 3. The number of piperidine rings is 1. The number of ketones is 1. The van der Waals surface area contributed by atoms with Gasteiger partial charge in [0.25, 0.3) is 0 Å². The number of anilines is 1. The van der Waals surface area contributed by atoms with Gasteiger partial charge in [0.2, 0.25) is 0 Å². The Morgan fingerprint density at radius 3 is 2.40 bits per heavy atom. The van der Waals surface area contributed by atoms with E-state index in [1.165, 1.54) is 19.1 Å². The summed E-state index contributed by atoms with van der Waals surface area (Å²) in [5.74, 6) is 0.204. The molecule has 20 heavy (non-hydrogen) atoms. The van der Waals surface area contributed by atoms with E-state index in [4.69, 9.17) is 0 Å². The third kappa shape index (κ3) is 2.89. The predicted molar refractivity (Wildman–Crippen MR) is 77.0 cm³/mol. The molecule has 1 aliphatic rings. The molecule has 1 aromatic rings. The zero-order valence-electron chi connectivity index (χ0n) is 12.1. The molecular formula is C16H20FNO2. The summed E-state index contributed by atoms with van der Waals surface area (Å²) in [5, 5.41) is 0. The topological polar surface area (TPSA) is 37.4 Å². The van der Waals surface area contributed by atoms with Crippen molar-refractivity contribution in [2.75, 3.05) is 18.0 Å². The fourth-order valence-corrected chi connectivity index (χ4v) is 3.09. The van der Waals surface area contributed by atoms with Crippen LogP contribution in [0.15, 0.2) is 12.1 Å². The molecule has 4 heteroatoms. The summed E-state index contributed by atoms with van der Waals surface area (Å²) in [4.78, 5) is 24.5. The number of halogens is 1. The SMILES string of the molecule is CC(=O)c1cc(F)c(N2CC(C)CC(C)C2)c(C=O)c1. The van der Waals surface area contributed by atoms with E-state index in [1.54, 1.807) is 0 Å². The summed E-state index contributed by atoms with van der Waals surface area (Å²) in [6.07, 6.45) is 1.74. The molecule has 1 fully saturated rings. The number of benzene rings is 1. The van der Waals surface area contributed by atoms with Gasteiger partial charge in [-0.2, -0.15) is 0 Å². The zero-order chi connectivity index (χ0) is 14.9. The van der Waals surface area contributed by atoms with Gasteiger partial charge in [0.15, 0.2) is 12.1 Å². The summed E-state index contributed by atoms with van der Waals surface area (Å²) >= 11 is 0. The number of carbonyl (C=O) groups excluding carboxylic acids is 2. The Morgan fingerprint density at radius 1 is 1.30 bits per heavy atom. The number of Topliss-reactive ketones (excluding diaryl/α,β-unsaturated/α-hetero) is 1. The summed E-state index contributed by atoms with van der Waals surface area (Å²) in [5.41, 5.74) is 0.839. The fourth-order valence-electron chi connectivity index (χ4n) is 3.09. The first-order chi connectivity index (χ1) is 9.42. The second-order valence-corrected chi connectivity index (χ2v) is 5.92. The molecule has 2 unspecified atom stereocenters. The van der Waals surface area contributed by atoms with Crippen molar-refractivity contribution in [3.63, 3.8) is 0 Å². The molecule has 2 atom stereocenters. The second kappa shape index (κ2) is 5.73. The minimum Gasteiger partial charge on any atom is -0.368 e. The first-order valence-electron chi connectivity index (χ1n) is 6.97. The highest BCUT2D eigenvalue weighted by atomic mass is 19.1. The van der Waals surface area contributed by atoms with Crippen molar-refractivity contribution < 1.29 is 14.0 Å². The molecular weight excluding hydrogens is 257 g/mol. The fraction of sp³-hybridized carbons (Fsp3) is 0.500. The monoisotopic (exact) mass is 277 g/mol. The Bertz CT molecular complexity index is 532. The maximum atomic E-state index is 14.3. The van der Waals surface area contributed by atoms with Gasteiger partial charge < -0.3 is 4.90 Å². The van der Waals surface area contributed by atoms with Crippen LogP contribution in [-0.4, -0.2) is 25.2 Å². The maximum Gasteiger partial charge on any atom is 0.159 e. The molecule has 108 valence electrons. The van der Waals surface area contributed by atoms with Crippen LogP contribution in [0, 0.1) is 17.7 Å². The molecule has 0 spiro atoms. The van der Waals surface area contributed by atoms with Gasteiger partial charge in [-0.05, 0) is 37.3 Å². The summed E-state index contributed by atoms with van der Waals surface area (Å²) in [7, 11) is 0. The van der Waals surface area contributed by atoms with E-state index in [1.807, 2.05) is 4.90 Å². The van der Waals surface area contributed by atoms with Gasteiger partial charge in [-0.15, -0.1) is 0 Å². The largest absolute Gasteiger partial charge is 0.368 e. The summed E-state index contributed by atoms with van der Waals surface area (Å²) < 4.78 is 14.3. The third-order valence-corrected chi connectivity index (χ3v) is 3.81. The molecule has 1 aliphatic heterocycles. The van der Waals surface area contributed by atoms with Gasteiger partial charge in [-0.3, -0.25) is 9.59 Å². The lowest BCUT2D eigenvalue weighted by Gasteiger charge is -2.37. The number of hydrogen-bond acceptors (Lipinski definition) is 3. The Labute approximate surface area is 118 Å². The summed E-state index contributed by atoms with van der Waals surface area (Å²) in [6, 6.07) is 2.71. The van der Waals surface area contributed by atoms with Crippen molar-refractivity contribution in [2.45, 2.75) is 27.2 Å². The Morgan fingerprint density at radius 2 is 1.90 bits per heavy atom. The van der Waals surface area contributed by atoms with E-state index in [0.29, 0.717) is 23.8 Å². The van der Waals surface area contributed by atoms with Crippen LogP contribution in [-0.2, 0) is 0 Å². The lowest BCUT2D eigenvalue weighted by molar-refractivity contribution is 0.101. The van der Waals surface area contributed by atoms with Crippen LogP contribution in [0.4, 0.5) is 10.1 Å². The van der Waals surface area contributed by atoms with Crippen LogP contribution >= 0.6 is 0 Å².